The number of aldehydes is 1. The van der Waals surface area contributed by atoms with Gasteiger partial charge in [0.05, 0.1) is 11.4 Å². The van der Waals surface area contributed by atoms with Crippen molar-refractivity contribution in [3.63, 3.8) is 0 Å². The van der Waals surface area contributed by atoms with E-state index >= 15 is 0 Å². The van der Waals surface area contributed by atoms with Crippen LogP contribution in [-0.4, -0.2) is 17.2 Å². The van der Waals surface area contributed by atoms with E-state index in [1.807, 2.05) is 18.2 Å². The molecule has 0 saturated heterocycles. The number of aromatic amines is 1. The zero-order valence-corrected chi connectivity index (χ0v) is 8.54. The number of nitrogens with one attached hydrogen (secondary N) is 2. The van der Waals surface area contributed by atoms with E-state index in [-0.39, 0.29) is 5.91 Å². The third-order valence-corrected chi connectivity index (χ3v) is 2.95. The van der Waals surface area contributed by atoms with Gasteiger partial charge in [-0.3, -0.25) is 9.59 Å². The maximum Gasteiger partial charge on any atom is 0.224 e. The van der Waals surface area contributed by atoms with E-state index in [0.29, 0.717) is 18.5 Å². The maximum absolute atomic E-state index is 11.5. The molecule has 0 bridgehead atoms. The van der Waals surface area contributed by atoms with E-state index in [9.17, 15) is 9.59 Å². The second-order valence-corrected chi connectivity index (χ2v) is 3.91. The molecule has 0 aliphatic carbocycles. The number of aromatic nitrogens is 1. The summed E-state index contributed by atoms with van der Waals surface area (Å²) in [5.41, 5.74) is 3.22. The van der Waals surface area contributed by atoms with E-state index < -0.39 is 0 Å². The number of amides is 1. The molecule has 0 atom stereocenters. The molecule has 0 radical (unpaired) electrons. The number of hydrogen-bond acceptors (Lipinski definition) is 2. The molecule has 4 nitrogen and oxygen atoms in total. The topological polar surface area (TPSA) is 62.0 Å². The number of H-pyrrole nitrogens is 1. The average molecular weight is 214 g/mol. The summed E-state index contributed by atoms with van der Waals surface area (Å²) in [7, 11) is 0. The SMILES string of the molecule is O=Cc1[nH]c2cccc3c2c1CCC(=O)N3. The Morgan fingerprint density at radius 1 is 1.25 bits per heavy atom. The van der Waals surface area contributed by atoms with Crippen LogP contribution in [0.2, 0.25) is 0 Å². The molecule has 1 aromatic heterocycles. The number of aryl methyl sites for hydroxylation is 1. The van der Waals surface area contributed by atoms with Gasteiger partial charge in [-0.15, -0.1) is 0 Å². The smallest absolute Gasteiger partial charge is 0.224 e. The first-order chi connectivity index (χ1) is 7.79. The lowest BCUT2D eigenvalue weighted by Crippen LogP contribution is -2.09. The molecule has 1 aromatic carbocycles. The molecule has 0 saturated carbocycles. The van der Waals surface area contributed by atoms with Gasteiger partial charge in [-0.05, 0) is 24.1 Å². The van der Waals surface area contributed by atoms with Crippen LogP contribution in [-0.2, 0) is 11.2 Å². The minimum Gasteiger partial charge on any atom is -0.352 e. The highest BCUT2D eigenvalue weighted by molar-refractivity contribution is 6.07. The van der Waals surface area contributed by atoms with E-state index in [1.54, 1.807) is 0 Å². The second-order valence-electron chi connectivity index (χ2n) is 3.91. The maximum atomic E-state index is 11.5. The molecule has 4 heteroatoms. The Morgan fingerprint density at radius 3 is 2.94 bits per heavy atom. The minimum absolute atomic E-state index is 0.000508. The molecule has 0 spiro atoms. The molecular formula is C12H10N2O2. The van der Waals surface area contributed by atoms with E-state index in [1.165, 1.54) is 0 Å². The molecule has 0 unspecified atom stereocenters. The average Bonchev–Trinajstić information content (AvgIpc) is 2.55. The van der Waals surface area contributed by atoms with E-state index in [0.717, 1.165) is 28.4 Å². The van der Waals surface area contributed by atoms with Crippen LogP contribution in [0.1, 0.15) is 22.5 Å². The zero-order chi connectivity index (χ0) is 11.1. The monoisotopic (exact) mass is 214 g/mol. The van der Waals surface area contributed by atoms with Gasteiger partial charge in [0, 0.05) is 17.3 Å². The number of carbonyl (C=O) groups excluding carboxylic acids is 2. The van der Waals surface area contributed by atoms with Gasteiger partial charge < -0.3 is 10.3 Å². The third-order valence-electron chi connectivity index (χ3n) is 2.95. The quantitative estimate of drug-likeness (QED) is 0.712. The first-order valence-corrected chi connectivity index (χ1v) is 5.18. The molecule has 1 aliphatic heterocycles. The van der Waals surface area contributed by atoms with Crippen molar-refractivity contribution in [2.45, 2.75) is 12.8 Å². The highest BCUT2D eigenvalue weighted by Gasteiger charge is 2.19. The Bertz CT molecular complexity index is 598. The van der Waals surface area contributed by atoms with Crippen LogP contribution in [0.15, 0.2) is 18.2 Å². The fourth-order valence-electron chi connectivity index (χ4n) is 2.25. The van der Waals surface area contributed by atoms with Gasteiger partial charge in [0.15, 0.2) is 6.29 Å². The first-order valence-electron chi connectivity index (χ1n) is 5.18. The summed E-state index contributed by atoms with van der Waals surface area (Å²) in [5, 5.41) is 3.82. The van der Waals surface area contributed by atoms with Crippen LogP contribution < -0.4 is 5.32 Å². The van der Waals surface area contributed by atoms with Crippen molar-refractivity contribution in [2.75, 3.05) is 5.32 Å². The molecule has 3 rings (SSSR count). The molecular weight excluding hydrogens is 204 g/mol. The summed E-state index contributed by atoms with van der Waals surface area (Å²) in [5.74, 6) is 0.000508. The molecule has 0 fully saturated rings. The first kappa shape index (κ1) is 9.15. The minimum atomic E-state index is 0.000508. The van der Waals surface area contributed by atoms with Gasteiger partial charge in [-0.25, -0.2) is 0 Å². The van der Waals surface area contributed by atoms with Crippen molar-refractivity contribution < 1.29 is 9.59 Å². The van der Waals surface area contributed by atoms with Crippen molar-refractivity contribution in [2.24, 2.45) is 0 Å². The highest BCUT2D eigenvalue weighted by atomic mass is 16.1. The number of benzene rings is 1. The lowest BCUT2D eigenvalue weighted by Gasteiger charge is -2.02. The molecule has 1 aliphatic rings. The lowest BCUT2D eigenvalue weighted by molar-refractivity contribution is -0.116. The van der Waals surface area contributed by atoms with Gasteiger partial charge in [0.25, 0.3) is 0 Å². The zero-order valence-electron chi connectivity index (χ0n) is 8.54. The van der Waals surface area contributed by atoms with Crippen molar-refractivity contribution in [3.05, 3.63) is 29.5 Å². The Hall–Kier alpha value is -2.10. The molecule has 2 heterocycles. The summed E-state index contributed by atoms with van der Waals surface area (Å²) in [4.78, 5) is 25.5. The number of carbonyl (C=O) groups is 2. The van der Waals surface area contributed by atoms with E-state index in [4.69, 9.17) is 0 Å². The van der Waals surface area contributed by atoms with Crippen molar-refractivity contribution in [3.8, 4) is 0 Å². The molecule has 2 N–H and O–H groups in total. The summed E-state index contributed by atoms with van der Waals surface area (Å²) in [6, 6.07) is 5.63. The van der Waals surface area contributed by atoms with Gasteiger partial charge in [-0.2, -0.15) is 0 Å². The normalized spacial score (nSPS) is 14.6. The summed E-state index contributed by atoms with van der Waals surface area (Å²) in [6.07, 6.45) is 1.84. The number of rotatable bonds is 1. The summed E-state index contributed by atoms with van der Waals surface area (Å²) >= 11 is 0. The largest absolute Gasteiger partial charge is 0.352 e. The van der Waals surface area contributed by atoms with Crippen LogP contribution in [0.4, 0.5) is 5.69 Å². The standard InChI is InChI=1S/C12H10N2O2/c15-6-10-7-4-5-11(16)14-9-3-1-2-8(13-10)12(7)9/h1-3,6,13H,4-5H2,(H,14,16). The Kier molecular flexibility index (Phi) is 1.83. The fourth-order valence-corrected chi connectivity index (χ4v) is 2.25. The summed E-state index contributed by atoms with van der Waals surface area (Å²) < 4.78 is 0. The molecule has 2 aromatic rings. The van der Waals surface area contributed by atoms with E-state index in [2.05, 4.69) is 10.3 Å². The highest BCUT2D eigenvalue weighted by Crippen LogP contribution is 2.32. The lowest BCUT2D eigenvalue weighted by atomic mass is 10.1. The van der Waals surface area contributed by atoms with Crippen LogP contribution in [0.25, 0.3) is 10.9 Å². The Balaban J connectivity index is 2.39. The molecule has 1 amide bonds. The fraction of sp³-hybridized carbons (Fsp3) is 0.167. The Morgan fingerprint density at radius 2 is 2.12 bits per heavy atom. The van der Waals surface area contributed by atoms with Crippen LogP contribution in [0, 0.1) is 0 Å². The molecule has 16 heavy (non-hydrogen) atoms. The van der Waals surface area contributed by atoms with Gasteiger partial charge in [0.1, 0.15) is 0 Å². The van der Waals surface area contributed by atoms with Crippen molar-refractivity contribution >= 4 is 28.8 Å². The van der Waals surface area contributed by atoms with Crippen molar-refractivity contribution in [1.82, 2.24) is 4.98 Å². The second kappa shape index (κ2) is 3.20. The Labute approximate surface area is 91.6 Å². The van der Waals surface area contributed by atoms with Crippen LogP contribution in [0.3, 0.4) is 0 Å². The van der Waals surface area contributed by atoms with Gasteiger partial charge in [-0.1, -0.05) is 6.07 Å². The number of hydrogen-bond donors (Lipinski definition) is 2. The van der Waals surface area contributed by atoms with Crippen LogP contribution in [0.5, 0.6) is 0 Å². The van der Waals surface area contributed by atoms with Gasteiger partial charge >= 0.3 is 0 Å². The third kappa shape index (κ3) is 1.16. The predicted octanol–water partition coefficient (Wildman–Crippen LogP) is 1.87. The van der Waals surface area contributed by atoms with Crippen molar-refractivity contribution in [1.29, 1.82) is 0 Å². The van der Waals surface area contributed by atoms with Gasteiger partial charge in [0.2, 0.25) is 5.91 Å². The molecule has 80 valence electrons. The summed E-state index contributed by atoms with van der Waals surface area (Å²) in [6.45, 7) is 0. The number of anilines is 1. The van der Waals surface area contributed by atoms with Crippen LogP contribution >= 0.6 is 0 Å². The predicted molar refractivity (Wildman–Crippen MR) is 60.6 cm³/mol.